The van der Waals surface area contributed by atoms with Gasteiger partial charge >= 0.3 is 0 Å². The van der Waals surface area contributed by atoms with Crippen molar-refractivity contribution >= 4 is 20.9 Å². The number of benzene rings is 3. The Labute approximate surface area is 210 Å². The summed E-state index contributed by atoms with van der Waals surface area (Å²) in [6.45, 7) is 0.897. The second-order valence-corrected chi connectivity index (χ2v) is 9.42. The highest BCUT2D eigenvalue weighted by Gasteiger charge is 2.27. The Morgan fingerprint density at radius 1 is 0.806 bits per heavy atom. The summed E-state index contributed by atoms with van der Waals surface area (Å²) < 4.78 is 55.1. The summed E-state index contributed by atoms with van der Waals surface area (Å²) in [7, 11) is 2.41. The second-order valence-electron chi connectivity index (χ2n) is 8.04. The number of nitrogens with zero attached hydrogens (tertiary/aromatic N) is 1. The first-order valence-corrected chi connectivity index (χ1v) is 12.6. The minimum atomic E-state index is -4.25. The van der Waals surface area contributed by atoms with Gasteiger partial charge in [0.05, 0.1) is 44.3 Å². The molecule has 1 aromatic heterocycles. The van der Waals surface area contributed by atoms with Crippen LogP contribution in [0.15, 0.2) is 71.8 Å². The van der Waals surface area contributed by atoms with E-state index in [0.717, 1.165) is 52.4 Å². The summed E-state index contributed by atoms with van der Waals surface area (Å²) >= 11 is 0. The zero-order chi connectivity index (χ0) is 25.9. The average Bonchev–Trinajstić information content (AvgIpc) is 2.90. The van der Waals surface area contributed by atoms with Crippen LogP contribution in [0.1, 0.15) is 5.56 Å². The van der Waals surface area contributed by atoms with Crippen LogP contribution in [0, 0.1) is 0 Å². The third-order valence-electron chi connectivity index (χ3n) is 6.04. The smallest absolute Gasteiger partial charge is 0.213 e. The van der Waals surface area contributed by atoms with E-state index in [1.165, 1.54) is 35.4 Å². The van der Waals surface area contributed by atoms with Crippen LogP contribution in [0.5, 0.6) is 23.0 Å². The molecule has 0 amide bonds. The van der Waals surface area contributed by atoms with Crippen molar-refractivity contribution in [3.05, 3.63) is 72.4 Å². The summed E-state index contributed by atoms with van der Waals surface area (Å²) in [5.41, 5.74) is 3.60. The van der Waals surface area contributed by atoms with Crippen molar-refractivity contribution in [3.63, 3.8) is 0 Å². The fourth-order valence-corrected chi connectivity index (χ4v) is 4.78. The lowest BCUT2D eigenvalue weighted by atomic mass is 9.95. The quantitative estimate of drug-likeness (QED) is 0.297. The van der Waals surface area contributed by atoms with Crippen LogP contribution in [-0.4, -0.2) is 41.4 Å². The molecule has 0 spiro atoms. The van der Waals surface area contributed by atoms with Crippen LogP contribution >= 0.6 is 0 Å². The molecule has 1 aliphatic heterocycles. The third kappa shape index (κ3) is 4.93. The molecular formula is C27H27NO7S. The van der Waals surface area contributed by atoms with Gasteiger partial charge in [0.15, 0.2) is 35.7 Å². The van der Waals surface area contributed by atoms with Crippen molar-refractivity contribution in [2.45, 2.75) is 17.9 Å². The van der Waals surface area contributed by atoms with Gasteiger partial charge in [-0.3, -0.25) is 0 Å². The van der Waals surface area contributed by atoms with Crippen molar-refractivity contribution in [1.82, 2.24) is 0 Å². The zero-order valence-corrected chi connectivity index (χ0v) is 21.3. The van der Waals surface area contributed by atoms with Crippen molar-refractivity contribution in [3.8, 4) is 34.3 Å². The van der Waals surface area contributed by atoms with Crippen molar-refractivity contribution in [2.75, 3.05) is 28.4 Å². The molecule has 3 aromatic carbocycles. The molecule has 0 saturated carbocycles. The molecule has 0 unspecified atom stereocenters. The molecule has 0 bridgehead atoms. The number of rotatable bonds is 5. The zero-order valence-electron chi connectivity index (χ0n) is 20.5. The Bertz CT molecular complexity index is 1500. The lowest BCUT2D eigenvalue weighted by molar-refractivity contribution is -0.686. The molecule has 0 aliphatic carbocycles. The lowest BCUT2D eigenvalue weighted by Crippen LogP contribution is -2.40. The summed E-state index contributed by atoms with van der Waals surface area (Å²) in [6, 6.07) is 17.5. The molecule has 8 nitrogen and oxygen atoms in total. The fraction of sp³-hybridized carbons (Fsp3) is 0.222. The van der Waals surface area contributed by atoms with Crippen LogP contribution in [-0.2, 0) is 23.1 Å². The Balaban J connectivity index is 0.000000256. The Morgan fingerprint density at radius 3 is 2.06 bits per heavy atom. The van der Waals surface area contributed by atoms with Crippen LogP contribution in [0.25, 0.3) is 22.0 Å². The fourth-order valence-electron chi connectivity index (χ4n) is 4.29. The van der Waals surface area contributed by atoms with E-state index in [-0.39, 0.29) is 4.90 Å². The van der Waals surface area contributed by atoms with Crippen LogP contribution in [0.2, 0.25) is 0 Å². The highest BCUT2D eigenvalue weighted by atomic mass is 32.2. The first-order valence-electron chi connectivity index (χ1n) is 11.1. The maximum absolute atomic E-state index is 10.3. The topological polar surface area (TPSA) is 98.0 Å². The van der Waals surface area contributed by atoms with Gasteiger partial charge in [0.2, 0.25) is 5.69 Å². The molecule has 0 N–H and O–H groups in total. The first-order chi connectivity index (χ1) is 17.3. The van der Waals surface area contributed by atoms with Gasteiger partial charge in [0, 0.05) is 12.5 Å². The molecule has 2 heterocycles. The van der Waals surface area contributed by atoms with E-state index in [4.69, 9.17) is 18.9 Å². The molecule has 4 aromatic rings. The normalized spacial score (nSPS) is 12.0. The van der Waals surface area contributed by atoms with Crippen LogP contribution in [0.3, 0.4) is 0 Å². The number of aryl methyl sites for hydroxylation is 2. The molecule has 1 aliphatic rings. The number of methoxy groups -OCH3 is 4. The number of ether oxygens (including phenoxy) is 4. The molecule has 0 saturated heterocycles. The van der Waals surface area contributed by atoms with Crippen LogP contribution in [0.4, 0.5) is 0 Å². The van der Waals surface area contributed by atoms with E-state index >= 15 is 0 Å². The van der Waals surface area contributed by atoms with Gasteiger partial charge in [-0.05, 0) is 47.3 Å². The highest BCUT2D eigenvalue weighted by Crippen LogP contribution is 2.39. The van der Waals surface area contributed by atoms with E-state index in [0.29, 0.717) is 0 Å². The molecule has 0 atom stereocenters. The van der Waals surface area contributed by atoms with Crippen molar-refractivity contribution in [1.29, 1.82) is 0 Å². The van der Waals surface area contributed by atoms with Gasteiger partial charge in [-0.25, -0.2) is 8.42 Å². The number of hydrogen-bond acceptors (Lipinski definition) is 7. The minimum absolute atomic E-state index is 0.185. The first kappa shape index (κ1) is 25.3. The Hall–Kier alpha value is -3.82. The summed E-state index contributed by atoms with van der Waals surface area (Å²) in [5, 5.41) is 2.15. The van der Waals surface area contributed by atoms with Crippen molar-refractivity contribution in [2.24, 2.45) is 0 Å². The van der Waals surface area contributed by atoms with Crippen LogP contribution < -0.4 is 23.5 Å². The average molecular weight is 510 g/mol. The summed E-state index contributed by atoms with van der Waals surface area (Å²) in [6.07, 6.45) is 3.08. The monoisotopic (exact) mass is 509 g/mol. The number of fused-ring (bicyclic) bond motifs is 4. The molecule has 0 fully saturated rings. The van der Waals surface area contributed by atoms with Crippen molar-refractivity contribution < 1.29 is 36.5 Å². The summed E-state index contributed by atoms with van der Waals surface area (Å²) in [4.78, 5) is -0.185. The molecule has 0 radical (unpaired) electrons. The summed E-state index contributed by atoms with van der Waals surface area (Å²) in [5.74, 6) is 3.01. The Morgan fingerprint density at radius 2 is 1.47 bits per heavy atom. The van der Waals surface area contributed by atoms with E-state index in [1.54, 1.807) is 34.5 Å². The molecule has 5 rings (SSSR count). The maximum Gasteiger partial charge on any atom is 0.213 e. The van der Waals surface area contributed by atoms with Gasteiger partial charge in [-0.1, -0.05) is 18.2 Å². The van der Waals surface area contributed by atoms with Gasteiger partial charge in [0.25, 0.3) is 0 Å². The third-order valence-corrected chi connectivity index (χ3v) is 6.89. The number of hydrogen-bond donors (Lipinski definition) is 0. The van der Waals surface area contributed by atoms with E-state index in [2.05, 4.69) is 35.0 Å². The molecule has 36 heavy (non-hydrogen) atoms. The van der Waals surface area contributed by atoms with E-state index in [1.807, 2.05) is 6.07 Å². The predicted octanol–water partition coefficient (Wildman–Crippen LogP) is 3.98. The van der Waals surface area contributed by atoms with E-state index in [9.17, 15) is 13.0 Å². The Kier molecular flexibility index (Phi) is 7.32. The van der Waals surface area contributed by atoms with E-state index < -0.39 is 10.1 Å². The lowest BCUT2D eigenvalue weighted by Gasteiger charge is -2.19. The van der Waals surface area contributed by atoms with Gasteiger partial charge in [0.1, 0.15) is 10.1 Å². The largest absolute Gasteiger partial charge is 0.744 e. The number of pyridine rings is 1. The highest BCUT2D eigenvalue weighted by molar-refractivity contribution is 7.85. The van der Waals surface area contributed by atoms with Gasteiger partial charge < -0.3 is 23.5 Å². The maximum atomic E-state index is 10.3. The minimum Gasteiger partial charge on any atom is -0.744 e. The standard InChI is InChI=1S/C21H22NO4.C6H6O3S/c1-23-18-6-5-13-9-17-15-11-20(25-3)19(24-2)10-14(15)7-8-22(17)12-16(13)21(18)26-4;7-10(8,9)6-4-2-1-3-5-6/h5-6,9-12H,7-8H2,1-4H3;1-5H,(H,7,8,9)/q+1;/p-1. The molecule has 9 heteroatoms. The molecular weight excluding hydrogens is 482 g/mol. The van der Waals surface area contributed by atoms with Gasteiger partial charge in [-0.15, -0.1) is 0 Å². The SMILES string of the molecule is COc1cc2c(cc1OC)-c1cc3ccc(OC)c(OC)c3c[n+]1CC2.O=S(=O)([O-])c1ccccc1. The van der Waals surface area contributed by atoms with Gasteiger partial charge in [-0.2, -0.15) is 4.57 Å². The number of aromatic nitrogens is 1. The molecule has 188 valence electrons. The predicted molar refractivity (Wildman–Crippen MR) is 134 cm³/mol. The second kappa shape index (κ2) is 10.4.